The number of fused-ring (bicyclic) bond motifs is 9. The Hall–Kier alpha value is -5.47. The fourth-order valence-electron chi connectivity index (χ4n) is 7.65. The molecule has 0 amide bonds. The molecule has 8 rings (SSSR count). The van der Waals surface area contributed by atoms with Gasteiger partial charge in [-0.25, -0.2) is 0 Å². The maximum atomic E-state index is 7.27. The second kappa shape index (κ2) is 11.7. The summed E-state index contributed by atoms with van der Waals surface area (Å²) in [5, 5.41) is 9.51. The topological polar surface area (TPSA) is 37.0 Å². The van der Waals surface area contributed by atoms with E-state index >= 15 is 0 Å². The number of hydrogen-bond donors (Lipinski definition) is 1. The van der Waals surface area contributed by atoms with Gasteiger partial charge in [0.05, 0.1) is 0 Å². The largest absolute Gasteiger partial charge is 0.456 e. The van der Waals surface area contributed by atoms with E-state index in [1.807, 2.05) is 6.08 Å². The van der Waals surface area contributed by atoms with Crippen LogP contribution in [0.2, 0.25) is 0 Å². The highest BCUT2D eigenvalue weighted by atomic mass is 16.3. The molecule has 2 unspecified atom stereocenters. The molecule has 2 nitrogen and oxygen atoms in total. The van der Waals surface area contributed by atoms with E-state index in [1.165, 1.54) is 51.6 Å². The van der Waals surface area contributed by atoms with Crippen molar-refractivity contribution in [1.82, 2.24) is 0 Å². The van der Waals surface area contributed by atoms with Gasteiger partial charge in [-0.05, 0) is 136 Å². The van der Waals surface area contributed by atoms with Gasteiger partial charge < -0.3 is 9.83 Å². The van der Waals surface area contributed by atoms with E-state index in [0.717, 1.165) is 56.2 Å². The molecular weight excluding hydrogens is 571 g/mol. The molecule has 1 N–H and O–H groups in total. The van der Waals surface area contributed by atoms with E-state index in [-0.39, 0.29) is 0 Å². The van der Waals surface area contributed by atoms with Crippen LogP contribution in [0.1, 0.15) is 63.6 Å². The van der Waals surface area contributed by atoms with Gasteiger partial charge in [0.2, 0.25) is 0 Å². The number of allylic oxidation sites excluding steroid dienone is 5. The van der Waals surface area contributed by atoms with E-state index in [2.05, 4.69) is 136 Å². The Labute approximate surface area is 276 Å². The van der Waals surface area contributed by atoms with Crippen molar-refractivity contribution in [1.29, 1.82) is 5.41 Å². The molecule has 0 saturated heterocycles. The van der Waals surface area contributed by atoms with Crippen molar-refractivity contribution >= 4 is 45.9 Å². The lowest BCUT2D eigenvalue weighted by molar-refractivity contribution is 0.547. The molecule has 2 aliphatic rings. The molecular formula is C45H37NO. The molecule has 1 aromatic heterocycles. The lowest BCUT2D eigenvalue weighted by Crippen LogP contribution is -2.18. The van der Waals surface area contributed by atoms with E-state index in [0.29, 0.717) is 11.8 Å². The van der Waals surface area contributed by atoms with Crippen LogP contribution in [-0.4, -0.2) is 6.21 Å². The second-order valence-electron chi connectivity index (χ2n) is 12.9. The van der Waals surface area contributed by atoms with Gasteiger partial charge in [0.1, 0.15) is 11.2 Å². The van der Waals surface area contributed by atoms with Gasteiger partial charge in [-0.1, -0.05) is 97.6 Å². The molecule has 1 heterocycles. The van der Waals surface area contributed by atoms with Crippen molar-refractivity contribution in [3.05, 3.63) is 161 Å². The second-order valence-corrected chi connectivity index (χ2v) is 12.9. The maximum Gasteiger partial charge on any atom is 0.136 e. The predicted octanol–water partition coefficient (Wildman–Crippen LogP) is 12.5. The van der Waals surface area contributed by atoms with Crippen LogP contribution in [0.25, 0.3) is 61.9 Å². The Morgan fingerprint density at radius 2 is 1.49 bits per heavy atom. The highest BCUT2D eigenvalue weighted by Gasteiger charge is 2.33. The minimum atomic E-state index is 0.453. The van der Waals surface area contributed by atoms with E-state index in [9.17, 15) is 0 Å². The Morgan fingerprint density at radius 3 is 2.32 bits per heavy atom. The van der Waals surface area contributed by atoms with E-state index in [4.69, 9.17) is 9.83 Å². The molecule has 0 radical (unpaired) electrons. The fraction of sp³-hybridized carbons (Fsp3) is 0.133. The van der Waals surface area contributed by atoms with Crippen LogP contribution >= 0.6 is 0 Å². The summed E-state index contributed by atoms with van der Waals surface area (Å²) >= 11 is 0. The zero-order chi connectivity index (χ0) is 32.1. The summed E-state index contributed by atoms with van der Waals surface area (Å²) in [4.78, 5) is 0. The molecule has 0 saturated carbocycles. The minimum absolute atomic E-state index is 0.453. The monoisotopic (exact) mass is 607 g/mol. The SMILES string of the molecule is C=C(/C=C\c1ccc(/C=C\C=N)c(C)c1C)c1ccc2c(c1)oc1cc(-c3ccc4c(c3)-c3ccccc3C3CCC=CC43)ccc12. The number of hydrogen-bond acceptors (Lipinski definition) is 2. The first-order chi connectivity index (χ1) is 23.0. The van der Waals surface area contributed by atoms with Crippen molar-refractivity contribution in [2.24, 2.45) is 0 Å². The van der Waals surface area contributed by atoms with Gasteiger partial charge >= 0.3 is 0 Å². The zero-order valence-corrected chi connectivity index (χ0v) is 26.9. The van der Waals surface area contributed by atoms with Crippen molar-refractivity contribution in [3.8, 4) is 22.3 Å². The molecule has 0 aliphatic heterocycles. The molecule has 228 valence electrons. The van der Waals surface area contributed by atoms with Crippen LogP contribution in [0.15, 0.2) is 126 Å². The number of nitrogens with one attached hydrogen (secondary N) is 1. The molecule has 2 heteroatoms. The van der Waals surface area contributed by atoms with E-state index in [1.54, 1.807) is 6.08 Å². The number of benzene rings is 5. The van der Waals surface area contributed by atoms with Crippen LogP contribution < -0.4 is 0 Å². The van der Waals surface area contributed by atoms with Gasteiger partial charge in [0, 0.05) is 22.9 Å². The van der Waals surface area contributed by atoms with Crippen LogP contribution in [0.4, 0.5) is 0 Å². The molecule has 0 spiro atoms. The van der Waals surface area contributed by atoms with Crippen LogP contribution in [-0.2, 0) is 0 Å². The smallest absolute Gasteiger partial charge is 0.136 e. The average Bonchev–Trinajstić information content (AvgIpc) is 3.49. The van der Waals surface area contributed by atoms with Crippen molar-refractivity contribution in [3.63, 3.8) is 0 Å². The Bertz CT molecular complexity index is 2320. The van der Waals surface area contributed by atoms with Gasteiger partial charge in [-0.2, -0.15) is 0 Å². The summed E-state index contributed by atoms with van der Waals surface area (Å²) in [6.07, 6.45) is 16.4. The molecule has 5 aromatic carbocycles. The summed E-state index contributed by atoms with van der Waals surface area (Å²) in [6, 6.07) is 33.3. The van der Waals surface area contributed by atoms with Crippen molar-refractivity contribution in [2.75, 3.05) is 0 Å². The van der Waals surface area contributed by atoms with Gasteiger partial charge in [0.15, 0.2) is 0 Å². The van der Waals surface area contributed by atoms with Gasteiger partial charge in [-0.3, -0.25) is 0 Å². The first-order valence-corrected chi connectivity index (χ1v) is 16.5. The van der Waals surface area contributed by atoms with Crippen LogP contribution in [0.3, 0.4) is 0 Å². The molecule has 6 aromatic rings. The lowest BCUT2D eigenvalue weighted by atomic mass is 9.68. The van der Waals surface area contributed by atoms with Crippen molar-refractivity contribution < 1.29 is 4.42 Å². The van der Waals surface area contributed by atoms with Gasteiger partial charge in [-0.15, -0.1) is 0 Å². The summed E-state index contributed by atoms with van der Waals surface area (Å²) in [5.41, 5.74) is 16.5. The highest BCUT2D eigenvalue weighted by Crippen LogP contribution is 2.51. The standard InChI is InChI=1S/C45H37NO/c1-28(14-15-32-17-16-31(9-8-24-46)29(2)30(32)3)33-18-22-41-42-23-20-35(27-45(42)47-44(41)26-33)34-19-21-40-38-12-5-4-10-36(38)37-11-6-7-13-39(37)43(40)25-34/h5-9,11-27,36,38,46H,1,4,10H2,2-3H3/b9-8-,15-14-,46-24?. The van der Waals surface area contributed by atoms with Crippen molar-refractivity contribution in [2.45, 2.75) is 38.5 Å². The average molecular weight is 608 g/mol. The normalized spacial score (nSPS) is 16.9. The lowest BCUT2D eigenvalue weighted by Gasteiger charge is -2.36. The Kier molecular flexibility index (Phi) is 7.22. The first kappa shape index (κ1) is 29.0. The highest BCUT2D eigenvalue weighted by molar-refractivity contribution is 6.07. The molecule has 2 aliphatic carbocycles. The summed E-state index contributed by atoms with van der Waals surface area (Å²) < 4.78 is 6.49. The molecule has 0 fully saturated rings. The predicted molar refractivity (Wildman–Crippen MR) is 200 cm³/mol. The summed E-state index contributed by atoms with van der Waals surface area (Å²) in [6.45, 7) is 8.64. The fourth-order valence-corrected chi connectivity index (χ4v) is 7.65. The third-order valence-corrected chi connectivity index (χ3v) is 10.4. The zero-order valence-electron chi connectivity index (χ0n) is 26.9. The maximum absolute atomic E-state index is 7.27. The van der Waals surface area contributed by atoms with Crippen LogP contribution in [0, 0.1) is 19.3 Å². The minimum Gasteiger partial charge on any atom is -0.456 e. The number of furan rings is 1. The Morgan fingerprint density at radius 1 is 0.766 bits per heavy atom. The first-order valence-electron chi connectivity index (χ1n) is 16.5. The molecule has 0 bridgehead atoms. The quantitative estimate of drug-likeness (QED) is 0.114. The Balaban J connectivity index is 1.10. The van der Waals surface area contributed by atoms with Gasteiger partial charge in [0.25, 0.3) is 0 Å². The third-order valence-electron chi connectivity index (χ3n) is 10.4. The van der Waals surface area contributed by atoms with Crippen LogP contribution in [0.5, 0.6) is 0 Å². The summed E-state index contributed by atoms with van der Waals surface area (Å²) in [5.74, 6) is 1.02. The molecule has 2 atom stereocenters. The number of rotatable bonds is 6. The summed E-state index contributed by atoms with van der Waals surface area (Å²) in [7, 11) is 0. The third kappa shape index (κ3) is 5.02. The molecule has 47 heavy (non-hydrogen) atoms. The van der Waals surface area contributed by atoms with E-state index < -0.39 is 0 Å².